The normalized spacial score (nSPS) is 14.3. The van der Waals surface area contributed by atoms with Gasteiger partial charge in [-0.3, -0.25) is 5.73 Å². The quantitative estimate of drug-likeness (QED) is 0.341. The van der Waals surface area contributed by atoms with E-state index in [0.29, 0.717) is 0 Å². The summed E-state index contributed by atoms with van der Waals surface area (Å²) in [5, 5.41) is 0. The van der Waals surface area contributed by atoms with Crippen molar-refractivity contribution in [1.82, 2.24) is 0 Å². The molecular weight excluding hydrogens is 136 g/mol. The number of rotatable bonds is 2. The summed E-state index contributed by atoms with van der Waals surface area (Å²) >= 11 is 0. The van der Waals surface area contributed by atoms with E-state index in [1.54, 1.807) is 0 Å². The van der Waals surface area contributed by atoms with E-state index in [0.717, 1.165) is 10.9 Å². The van der Waals surface area contributed by atoms with Crippen LogP contribution in [0.5, 0.6) is 0 Å². The molecule has 1 unspecified atom stereocenters. The van der Waals surface area contributed by atoms with E-state index in [1.165, 1.54) is 0 Å². The predicted octanol–water partition coefficient (Wildman–Crippen LogP) is -2.61. The van der Waals surface area contributed by atoms with Gasteiger partial charge in [0, 0.05) is 6.42 Å². The van der Waals surface area contributed by atoms with Crippen LogP contribution in [0.2, 0.25) is 0 Å². The highest BCUT2D eigenvalue weighted by Crippen LogP contribution is 1.98. The van der Waals surface area contributed by atoms with Gasteiger partial charge in [-0.2, -0.15) is 0 Å². The topological polar surface area (TPSA) is 26.0 Å². The van der Waals surface area contributed by atoms with Gasteiger partial charge >= 0.3 is 0 Å². The van der Waals surface area contributed by atoms with Crippen LogP contribution in [0.4, 0.5) is 0 Å². The van der Waals surface area contributed by atoms with Gasteiger partial charge in [0.1, 0.15) is 6.17 Å². The molecule has 0 bridgehead atoms. The van der Waals surface area contributed by atoms with E-state index < -0.39 is 0 Å². The molecule has 0 rings (SSSR count). The molecule has 3 heteroatoms. The van der Waals surface area contributed by atoms with Crippen molar-refractivity contribution in [2.24, 2.45) is 5.73 Å². The molecule has 9 heavy (non-hydrogen) atoms. The lowest BCUT2D eigenvalue weighted by Crippen LogP contribution is -3.00. The Kier molecular flexibility index (Phi) is 5.43. The summed E-state index contributed by atoms with van der Waals surface area (Å²) in [4.78, 5) is 0. The zero-order valence-corrected chi connectivity index (χ0v) is 7.44. The molecule has 0 aromatic carbocycles. The molecule has 0 amide bonds. The largest absolute Gasteiger partial charge is 1.00 e. The lowest BCUT2D eigenvalue weighted by Gasteiger charge is -2.30. The summed E-state index contributed by atoms with van der Waals surface area (Å²) in [5.74, 6) is 0. The molecule has 0 fully saturated rings. The third-order valence-corrected chi connectivity index (χ3v) is 1.41. The van der Waals surface area contributed by atoms with Gasteiger partial charge in [-0.1, -0.05) is 6.92 Å². The Balaban J connectivity index is 0. The second kappa shape index (κ2) is 4.09. The number of quaternary nitrogens is 1. The first-order valence-electron chi connectivity index (χ1n) is 3.05. The molecule has 0 spiro atoms. The lowest BCUT2D eigenvalue weighted by atomic mass is 10.3. The summed E-state index contributed by atoms with van der Waals surface area (Å²) < 4.78 is 0.858. The summed E-state index contributed by atoms with van der Waals surface area (Å²) in [6, 6.07) is 0. The minimum atomic E-state index is 0. The fourth-order valence-corrected chi connectivity index (χ4v) is 0.548. The molecule has 0 aliphatic heterocycles. The first kappa shape index (κ1) is 11.9. The molecule has 0 saturated carbocycles. The Hall–Kier alpha value is 0.210. The van der Waals surface area contributed by atoms with Crippen LogP contribution in [0, 0.1) is 0 Å². The van der Waals surface area contributed by atoms with Crippen molar-refractivity contribution in [3.8, 4) is 0 Å². The zero-order chi connectivity index (χ0) is 6.78. The second-order valence-electron chi connectivity index (χ2n) is 3.09. The lowest BCUT2D eigenvalue weighted by molar-refractivity contribution is -0.895. The summed E-state index contributed by atoms with van der Waals surface area (Å²) in [5.41, 5.74) is 5.72. The molecule has 0 aromatic heterocycles. The minimum Gasteiger partial charge on any atom is -1.00 e. The van der Waals surface area contributed by atoms with E-state index in [9.17, 15) is 0 Å². The second-order valence-corrected chi connectivity index (χ2v) is 3.09. The van der Waals surface area contributed by atoms with Crippen molar-refractivity contribution >= 4 is 0 Å². The molecule has 0 aliphatic carbocycles. The Morgan fingerprint density at radius 2 is 1.67 bits per heavy atom. The van der Waals surface area contributed by atoms with Crippen molar-refractivity contribution in [1.29, 1.82) is 0 Å². The highest BCUT2D eigenvalue weighted by Gasteiger charge is 2.14. The molecule has 2 N–H and O–H groups in total. The fourth-order valence-electron chi connectivity index (χ4n) is 0.548. The molecule has 0 radical (unpaired) electrons. The Labute approximate surface area is 64.0 Å². The van der Waals surface area contributed by atoms with Gasteiger partial charge in [-0.25, -0.2) is 0 Å². The van der Waals surface area contributed by atoms with Crippen molar-refractivity contribution in [3.63, 3.8) is 0 Å². The predicted molar refractivity (Wildman–Crippen MR) is 36.3 cm³/mol. The maximum Gasteiger partial charge on any atom is 0.139 e. The van der Waals surface area contributed by atoms with Crippen LogP contribution in [0.25, 0.3) is 0 Å². The number of hydrogen-bond acceptors (Lipinski definition) is 1. The van der Waals surface area contributed by atoms with Crippen molar-refractivity contribution in [2.75, 3.05) is 21.1 Å². The van der Waals surface area contributed by atoms with Gasteiger partial charge in [-0.15, -0.1) is 0 Å². The van der Waals surface area contributed by atoms with Gasteiger partial charge in [0.15, 0.2) is 0 Å². The van der Waals surface area contributed by atoms with Crippen LogP contribution >= 0.6 is 0 Å². The Morgan fingerprint density at radius 1 is 1.33 bits per heavy atom. The van der Waals surface area contributed by atoms with E-state index in [4.69, 9.17) is 5.73 Å². The van der Waals surface area contributed by atoms with E-state index in [-0.39, 0.29) is 18.6 Å². The van der Waals surface area contributed by atoms with Crippen LogP contribution in [0.1, 0.15) is 13.3 Å². The summed E-state index contributed by atoms with van der Waals surface area (Å²) in [7, 11) is 6.32. The van der Waals surface area contributed by atoms with Crippen LogP contribution in [-0.2, 0) is 0 Å². The molecule has 2 nitrogen and oxygen atoms in total. The van der Waals surface area contributed by atoms with Crippen LogP contribution in [0.3, 0.4) is 0 Å². The first-order chi connectivity index (χ1) is 3.48. The summed E-state index contributed by atoms with van der Waals surface area (Å²) in [6.07, 6.45) is 1.33. The van der Waals surface area contributed by atoms with Crippen LogP contribution < -0.4 is 18.1 Å². The van der Waals surface area contributed by atoms with Gasteiger partial charge in [0.05, 0.1) is 21.1 Å². The average Bonchev–Trinajstić information content (AvgIpc) is 1.62. The highest BCUT2D eigenvalue weighted by atomic mass is 35.5. The smallest absolute Gasteiger partial charge is 0.139 e. The maximum atomic E-state index is 5.72. The van der Waals surface area contributed by atoms with Gasteiger partial charge in [0.25, 0.3) is 0 Å². The SMILES string of the molecule is CCC(N)[N+](C)(C)C.[Cl-]. The maximum absolute atomic E-state index is 5.72. The van der Waals surface area contributed by atoms with E-state index >= 15 is 0 Å². The van der Waals surface area contributed by atoms with Crippen LogP contribution in [-0.4, -0.2) is 31.8 Å². The number of nitrogens with two attached hydrogens (primary N) is 1. The number of hydrogen-bond donors (Lipinski definition) is 1. The fraction of sp³-hybridized carbons (Fsp3) is 1.00. The van der Waals surface area contributed by atoms with E-state index in [2.05, 4.69) is 28.1 Å². The Morgan fingerprint density at radius 3 is 1.67 bits per heavy atom. The van der Waals surface area contributed by atoms with Gasteiger partial charge in [-0.05, 0) is 0 Å². The van der Waals surface area contributed by atoms with Crippen LogP contribution in [0.15, 0.2) is 0 Å². The molecule has 0 aromatic rings. The van der Waals surface area contributed by atoms with Gasteiger partial charge in [0.2, 0.25) is 0 Å². The molecule has 0 aliphatic rings. The third-order valence-electron chi connectivity index (χ3n) is 1.41. The van der Waals surface area contributed by atoms with Crippen molar-refractivity contribution in [2.45, 2.75) is 19.5 Å². The molecule has 58 valence electrons. The summed E-state index contributed by atoms with van der Waals surface area (Å²) in [6.45, 7) is 2.11. The standard InChI is InChI=1S/C6H17N2.ClH/c1-5-6(7)8(2,3)4;/h6H,5,7H2,1-4H3;1H/q+1;/p-1. The van der Waals surface area contributed by atoms with Crippen molar-refractivity contribution in [3.05, 3.63) is 0 Å². The molecular formula is C6H17ClN2. The Bertz CT molecular complexity index is 67.9. The highest BCUT2D eigenvalue weighted by molar-refractivity contribution is 4.39. The average molecular weight is 153 g/mol. The number of halogens is 1. The minimum absolute atomic E-state index is 0. The third kappa shape index (κ3) is 4.70. The van der Waals surface area contributed by atoms with Gasteiger partial charge < -0.3 is 16.9 Å². The zero-order valence-electron chi connectivity index (χ0n) is 6.69. The van der Waals surface area contributed by atoms with E-state index in [1.807, 2.05) is 0 Å². The number of nitrogens with zero attached hydrogens (tertiary/aromatic N) is 1. The molecule has 1 atom stereocenters. The molecule has 0 saturated heterocycles. The van der Waals surface area contributed by atoms with Crippen molar-refractivity contribution < 1.29 is 16.9 Å². The monoisotopic (exact) mass is 152 g/mol. The molecule has 0 heterocycles. The first-order valence-corrected chi connectivity index (χ1v) is 3.05.